The van der Waals surface area contributed by atoms with Crippen molar-refractivity contribution < 1.29 is 0 Å². The first kappa shape index (κ1) is 12.3. The summed E-state index contributed by atoms with van der Waals surface area (Å²) in [4.78, 5) is 12.4. The number of hydrogen-bond acceptors (Lipinski definition) is 4. The summed E-state index contributed by atoms with van der Waals surface area (Å²) >= 11 is 1.57. The second kappa shape index (κ2) is 4.75. The molecule has 4 nitrogen and oxygen atoms in total. The third-order valence-corrected chi connectivity index (χ3v) is 4.15. The molecule has 2 heterocycles. The highest BCUT2D eigenvalue weighted by Crippen LogP contribution is 2.25. The van der Waals surface area contributed by atoms with E-state index in [-0.39, 0.29) is 6.04 Å². The molecule has 1 unspecified atom stereocenters. The van der Waals surface area contributed by atoms with Crippen molar-refractivity contribution >= 4 is 22.4 Å². The molecular weight excluding hydrogens is 256 g/mol. The van der Waals surface area contributed by atoms with E-state index < -0.39 is 0 Å². The van der Waals surface area contributed by atoms with Crippen LogP contribution in [0, 0.1) is 0 Å². The Morgan fingerprint density at radius 2 is 2.21 bits per heavy atom. The highest BCUT2D eigenvalue weighted by Gasteiger charge is 2.11. The summed E-state index contributed by atoms with van der Waals surface area (Å²) in [5.74, 6) is 0.811. The lowest BCUT2D eigenvalue weighted by Gasteiger charge is -1.96. The maximum atomic E-state index is 5.84. The smallest absolute Gasteiger partial charge is 0.158 e. The molecule has 0 aliphatic heterocycles. The summed E-state index contributed by atoms with van der Waals surface area (Å²) in [6, 6.07) is 6.27. The Balaban J connectivity index is 2.04. The van der Waals surface area contributed by atoms with Gasteiger partial charge in [0.25, 0.3) is 0 Å². The van der Waals surface area contributed by atoms with E-state index >= 15 is 0 Å². The zero-order valence-electron chi connectivity index (χ0n) is 11.0. The first-order chi connectivity index (χ1) is 9.17. The van der Waals surface area contributed by atoms with Crippen molar-refractivity contribution in [2.24, 2.45) is 5.73 Å². The predicted molar refractivity (Wildman–Crippen MR) is 79.2 cm³/mol. The Bertz CT molecular complexity index is 711. The fourth-order valence-corrected chi connectivity index (χ4v) is 2.77. The van der Waals surface area contributed by atoms with Crippen LogP contribution in [-0.2, 0) is 6.42 Å². The molecule has 0 bridgehead atoms. The van der Waals surface area contributed by atoms with Gasteiger partial charge in [0.1, 0.15) is 10.7 Å². The first-order valence-electron chi connectivity index (χ1n) is 6.37. The summed E-state index contributed by atoms with van der Waals surface area (Å²) < 4.78 is 0. The SMILES string of the molecule is CCc1ccc2nc(-c3csc(C(C)N)n3)[nH]c2c1. The third kappa shape index (κ3) is 2.27. The van der Waals surface area contributed by atoms with E-state index in [1.165, 1.54) is 5.56 Å². The van der Waals surface area contributed by atoms with E-state index in [1.807, 2.05) is 18.4 Å². The molecule has 0 spiro atoms. The summed E-state index contributed by atoms with van der Waals surface area (Å²) in [6.45, 7) is 4.09. The monoisotopic (exact) mass is 272 g/mol. The number of H-pyrrole nitrogens is 1. The van der Waals surface area contributed by atoms with Gasteiger partial charge < -0.3 is 10.7 Å². The molecule has 98 valence electrons. The van der Waals surface area contributed by atoms with Crippen LogP contribution in [-0.4, -0.2) is 15.0 Å². The number of fused-ring (bicyclic) bond motifs is 1. The number of benzene rings is 1. The molecule has 0 amide bonds. The van der Waals surface area contributed by atoms with E-state index in [1.54, 1.807) is 11.3 Å². The van der Waals surface area contributed by atoms with Gasteiger partial charge in [-0.15, -0.1) is 11.3 Å². The Morgan fingerprint density at radius 1 is 1.37 bits per heavy atom. The van der Waals surface area contributed by atoms with Crippen molar-refractivity contribution in [1.29, 1.82) is 0 Å². The minimum atomic E-state index is -0.0326. The molecule has 0 radical (unpaired) electrons. The van der Waals surface area contributed by atoms with E-state index in [2.05, 4.69) is 34.0 Å². The van der Waals surface area contributed by atoms with Crippen LogP contribution in [0.2, 0.25) is 0 Å². The number of nitrogens with one attached hydrogen (secondary N) is 1. The number of nitrogens with zero attached hydrogens (tertiary/aromatic N) is 2. The van der Waals surface area contributed by atoms with E-state index in [4.69, 9.17) is 5.73 Å². The van der Waals surface area contributed by atoms with Gasteiger partial charge in [0, 0.05) is 5.38 Å². The lowest BCUT2D eigenvalue weighted by molar-refractivity contribution is 0.807. The van der Waals surface area contributed by atoms with E-state index in [0.29, 0.717) is 0 Å². The number of thiazole rings is 1. The van der Waals surface area contributed by atoms with Crippen molar-refractivity contribution in [3.05, 3.63) is 34.2 Å². The zero-order chi connectivity index (χ0) is 13.4. The van der Waals surface area contributed by atoms with Crippen LogP contribution >= 0.6 is 11.3 Å². The first-order valence-corrected chi connectivity index (χ1v) is 7.25. The minimum absolute atomic E-state index is 0.0326. The molecule has 0 saturated carbocycles. The highest BCUT2D eigenvalue weighted by molar-refractivity contribution is 7.10. The molecule has 3 aromatic rings. The molecule has 2 aromatic heterocycles. The van der Waals surface area contributed by atoms with Gasteiger partial charge >= 0.3 is 0 Å². The zero-order valence-corrected chi connectivity index (χ0v) is 11.8. The third-order valence-electron chi connectivity index (χ3n) is 3.11. The van der Waals surface area contributed by atoms with Gasteiger partial charge in [0.05, 0.1) is 17.1 Å². The van der Waals surface area contributed by atoms with Crippen LogP contribution in [0.1, 0.15) is 30.5 Å². The van der Waals surface area contributed by atoms with Crippen LogP contribution < -0.4 is 5.73 Å². The summed E-state index contributed by atoms with van der Waals surface area (Å²) in [7, 11) is 0. The number of hydrogen-bond donors (Lipinski definition) is 2. The average Bonchev–Trinajstić information content (AvgIpc) is 3.04. The van der Waals surface area contributed by atoms with Crippen LogP contribution in [0.15, 0.2) is 23.6 Å². The molecular formula is C14H16N4S. The molecule has 0 aliphatic carbocycles. The molecule has 19 heavy (non-hydrogen) atoms. The average molecular weight is 272 g/mol. The Morgan fingerprint density at radius 3 is 2.89 bits per heavy atom. The molecule has 0 saturated heterocycles. The standard InChI is InChI=1S/C14H16N4S/c1-3-9-4-5-10-11(6-9)17-13(16-10)12-7-19-14(18-12)8(2)15/h4-8H,3,15H2,1-2H3,(H,16,17). The number of aryl methyl sites for hydroxylation is 1. The molecule has 0 aliphatic rings. The van der Waals surface area contributed by atoms with Gasteiger partial charge in [-0.3, -0.25) is 0 Å². The van der Waals surface area contributed by atoms with E-state index in [9.17, 15) is 0 Å². The van der Waals surface area contributed by atoms with Crippen molar-refractivity contribution in [1.82, 2.24) is 15.0 Å². The Kier molecular flexibility index (Phi) is 3.08. The second-order valence-electron chi connectivity index (χ2n) is 4.65. The van der Waals surface area contributed by atoms with Gasteiger partial charge in [0.15, 0.2) is 5.82 Å². The van der Waals surface area contributed by atoms with Crippen LogP contribution in [0.4, 0.5) is 0 Å². The van der Waals surface area contributed by atoms with Gasteiger partial charge in [0.2, 0.25) is 0 Å². The van der Waals surface area contributed by atoms with Gasteiger partial charge in [-0.1, -0.05) is 13.0 Å². The molecule has 1 aromatic carbocycles. The largest absolute Gasteiger partial charge is 0.337 e. The maximum Gasteiger partial charge on any atom is 0.158 e. The summed E-state index contributed by atoms with van der Waals surface area (Å²) in [5.41, 5.74) is 10.0. The molecule has 1 atom stereocenters. The summed E-state index contributed by atoms with van der Waals surface area (Å²) in [5, 5.41) is 2.93. The van der Waals surface area contributed by atoms with Crippen molar-refractivity contribution in [2.75, 3.05) is 0 Å². The molecule has 3 rings (SSSR count). The van der Waals surface area contributed by atoms with Gasteiger partial charge in [-0.2, -0.15) is 0 Å². The number of nitrogens with two attached hydrogens (primary N) is 1. The topological polar surface area (TPSA) is 67.6 Å². The highest BCUT2D eigenvalue weighted by atomic mass is 32.1. The molecule has 0 fully saturated rings. The van der Waals surface area contributed by atoms with Crippen LogP contribution in [0.3, 0.4) is 0 Å². The Labute approximate surface area is 115 Å². The Hall–Kier alpha value is -1.72. The fourth-order valence-electron chi connectivity index (χ4n) is 2.00. The number of aromatic nitrogens is 3. The van der Waals surface area contributed by atoms with Crippen molar-refractivity contribution in [2.45, 2.75) is 26.3 Å². The number of aromatic amines is 1. The normalized spacial score (nSPS) is 13.0. The molecule has 3 N–H and O–H groups in total. The van der Waals surface area contributed by atoms with Gasteiger partial charge in [-0.05, 0) is 31.0 Å². The summed E-state index contributed by atoms with van der Waals surface area (Å²) in [6.07, 6.45) is 1.02. The maximum absolute atomic E-state index is 5.84. The van der Waals surface area contributed by atoms with Crippen LogP contribution in [0.5, 0.6) is 0 Å². The number of imidazole rings is 1. The molecule has 5 heteroatoms. The van der Waals surface area contributed by atoms with Crippen LogP contribution in [0.25, 0.3) is 22.6 Å². The minimum Gasteiger partial charge on any atom is -0.337 e. The fraction of sp³-hybridized carbons (Fsp3) is 0.286. The lowest BCUT2D eigenvalue weighted by Crippen LogP contribution is -2.03. The number of rotatable bonds is 3. The lowest BCUT2D eigenvalue weighted by atomic mass is 10.1. The van der Waals surface area contributed by atoms with Crippen molar-refractivity contribution in [3.8, 4) is 11.5 Å². The van der Waals surface area contributed by atoms with E-state index in [0.717, 1.165) is 34.0 Å². The quantitative estimate of drug-likeness (QED) is 0.769. The van der Waals surface area contributed by atoms with Gasteiger partial charge in [-0.25, -0.2) is 9.97 Å². The second-order valence-corrected chi connectivity index (χ2v) is 5.54. The van der Waals surface area contributed by atoms with Crippen molar-refractivity contribution in [3.63, 3.8) is 0 Å². The predicted octanol–water partition coefficient (Wildman–Crippen LogP) is 3.27.